The quantitative estimate of drug-likeness (QED) is 0.386. The minimum absolute atomic E-state index is 1.19. The highest BCUT2D eigenvalue weighted by Gasteiger charge is 2.01. The number of amides is 1. The average Bonchev–Trinajstić information content (AvgIpc) is 1.63. The fraction of sp³-hybridized carbons (Fsp3) is 0.500. The van der Waals surface area contributed by atoms with Crippen molar-refractivity contribution in [2.75, 3.05) is 0 Å². The van der Waals surface area contributed by atoms with Crippen LogP contribution in [0.2, 0.25) is 0 Å². The van der Waals surface area contributed by atoms with E-state index in [0.29, 0.717) is 0 Å². The van der Waals surface area contributed by atoms with E-state index < -0.39 is 18.2 Å². The first-order chi connectivity index (χ1) is 4.37. The van der Waals surface area contributed by atoms with Crippen LogP contribution in [-0.4, -0.2) is 33.5 Å². The number of aliphatic carboxylic acids is 1. The van der Waals surface area contributed by atoms with Crippen LogP contribution in [0.5, 0.6) is 0 Å². The molecule has 5 N–H and O–H groups in total. The Hall–Kier alpha value is -1.30. The minimum Gasteiger partial charge on any atom is -0.479 e. The normalized spacial score (nSPS) is 10.6. The molecule has 1 unspecified atom stereocenters. The van der Waals surface area contributed by atoms with Crippen molar-refractivity contribution >= 4 is 12.1 Å². The standard InChI is InChI=1S/C3H6O3.CH3NO2/c1-2(4)3(5)6;2-1(3)4/h2,4H,1H3,(H,5,6);2H2,(H,3,4). The number of hydrogen-bond donors (Lipinski definition) is 4. The van der Waals surface area contributed by atoms with E-state index in [0.717, 1.165) is 0 Å². The van der Waals surface area contributed by atoms with Crippen LogP contribution in [0.15, 0.2) is 0 Å². The van der Waals surface area contributed by atoms with Gasteiger partial charge in [-0.15, -0.1) is 0 Å². The molecule has 60 valence electrons. The zero-order valence-corrected chi connectivity index (χ0v) is 5.31. The fourth-order valence-corrected chi connectivity index (χ4v) is 0. The molecule has 0 aliphatic rings. The summed E-state index contributed by atoms with van der Waals surface area (Å²) in [6.07, 6.45) is -2.56. The van der Waals surface area contributed by atoms with Crippen LogP contribution < -0.4 is 5.73 Å². The molecule has 0 saturated heterocycles. The molecular formula is C4H9NO5. The van der Waals surface area contributed by atoms with E-state index in [2.05, 4.69) is 5.73 Å². The topological polar surface area (TPSA) is 121 Å². The van der Waals surface area contributed by atoms with Crippen molar-refractivity contribution < 1.29 is 24.9 Å². The lowest BCUT2D eigenvalue weighted by atomic mass is 10.4. The molecule has 10 heavy (non-hydrogen) atoms. The zero-order chi connectivity index (χ0) is 8.73. The van der Waals surface area contributed by atoms with Gasteiger partial charge in [-0.05, 0) is 6.92 Å². The Balaban J connectivity index is 0. The summed E-state index contributed by atoms with van der Waals surface area (Å²) in [6.45, 7) is 1.20. The second-order valence-electron chi connectivity index (χ2n) is 1.35. The smallest absolute Gasteiger partial charge is 0.402 e. The monoisotopic (exact) mass is 151 g/mol. The van der Waals surface area contributed by atoms with E-state index in [1.165, 1.54) is 6.92 Å². The minimum atomic E-state index is -1.33. The van der Waals surface area contributed by atoms with E-state index >= 15 is 0 Å². The molecule has 6 nitrogen and oxygen atoms in total. The Labute approximate surface area is 56.9 Å². The number of aliphatic hydroxyl groups is 1. The molecule has 1 atom stereocenters. The van der Waals surface area contributed by atoms with Crippen molar-refractivity contribution in [1.82, 2.24) is 0 Å². The predicted octanol–water partition coefficient (Wildman–Crippen LogP) is -0.925. The van der Waals surface area contributed by atoms with Crippen molar-refractivity contribution in [3.8, 4) is 0 Å². The number of carbonyl (C=O) groups is 2. The zero-order valence-electron chi connectivity index (χ0n) is 5.31. The molecule has 0 aromatic carbocycles. The molecular weight excluding hydrogens is 142 g/mol. The number of carboxylic acid groups (broad SMARTS) is 2. The van der Waals surface area contributed by atoms with Crippen LogP contribution >= 0.6 is 0 Å². The lowest BCUT2D eigenvalue weighted by Gasteiger charge is -1.89. The summed E-state index contributed by atoms with van der Waals surface area (Å²) < 4.78 is 0. The Morgan fingerprint density at radius 2 is 1.50 bits per heavy atom. The summed E-state index contributed by atoms with van der Waals surface area (Å²) in [5, 5.41) is 23.0. The van der Waals surface area contributed by atoms with Crippen LogP contribution in [-0.2, 0) is 4.79 Å². The third-order valence-corrected chi connectivity index (χ3v) is 0.357. The van der Waals surface area contributed by atoms with Gasteiger partial charge in [-0.1, -0.05) is 0 Å². The van der Waals surface area contributed by atoms with E-state index in [9.17, 15) is 4.79 Å². The second kappa shape index (κ2) is 5.83. The van der Waals surface area contributed by atoms with Crippen molar-refractivity contribution in [1.29, 1.82) is 0 Å². The van der Waals surface area contributed by atoms with Crippen LogP contribution in [0.25, 0.3) is 0 Å². The molecule has 0 fully saturated rings. The molecule has 0 aromatic heterocycles. The highest BCUT2D eigenvalue weighted by molar-refractivity contribution is 5.71. The molecule has 0 saturated carbocycles. The molecule has 0 spiro atoms. The van der Waals surface area contributed by atoms with Gasteiger partial charge in [0.2, 0.25) is 0 Å². The Morgan fingerprint density at radius 1 is 1.40 bits per heavy atom. The summed E-state index contributed by atoms with van der Waals surface area (Å²) in [7, 11) is 0. The van der Waals surface area contributed by atoms with E-state index in [1.807, 2.05) is 0 Å². The molecule has 0 aliphatic carbocycles. The van der Waals surface area contributed by atoms with Gasteiger partial charge >= 0.3 is 12.1 Å². The summed E-state index contributed by atoms with van der Waals surface area (Å²) in [4.78, 5) is 18.2. The third-order valence-electron chi connectivity index (χ3n) is 0.357. The number of carboxylic acids is 1. The Kier molecular flexibility index (Phi) is 6.70. The summed E-state index contributed by atoms with van der Waals surface area (Å²) in [5.74, 6) is -1.19. The maximum absolute atomic E-state index is 9.45. The van der Waals surface area contributed by atoms with Gasteiger partial charge in [-0.2, -0.15) is 0 Å². The first-order valence-corrected chi connectivity index (χ1v) is 2.27. The van der Waals surface area contributed by atoms with Crippen LogP contribution in [0.4, 0.5) is 4.79 Å². The number of rotatable bonds is 1. The summed E-state index contributed by atoms with van der Waals surface area (Å²) in [5.41, 5.74) is 4.03. The van der Waals surface area contributed by atoms with E-state index in [4.69, 9.17) is 20.1 Å². The number of aliphatic hydroxyl groups excluding tert-OH is 1. The van der Waals surface area contributed by atoms with Gasteiger partial charge < -0.3 is 21.1 Å². The first-order valence-electron chi connectivity index (χ1n) is 2.27. The van der Waals surface area contributed by atoms with Gasteiger partial charge in [0.15, 0.2) is 0 Å². The molecule has 6 heteroatoms. The van der Waals surface area contributed by atoms with Crippen molar-refractivity contribution in [2.24, 2.45) is 5.73 Å². The molecule has 0 aromatic rings. The van der Waals surface area contributed by atoms with Crippen LogP contribution in [0.3, 0.4) is 0 Å². The van der Waals surface area contributed by atoms with Gasteiger partial charge in [0.1, 0.15) is 6.10 Å². The molecule has 0 aliphatic heterocycles. The maximum atomic E-state index is 9.45. The third kappa shape index (κ3) is 29.9. The van der Waals surface area contributed by atoms with Gasteiger partial charge in [-0.25, -0.2) is 9.59 Å². The van der Waals surface area contributed by atoms with Gasteiger partial charge in [0.25, 0.3) is 0 Å². The number of nitrogens with two attached hydrogens (primary N) is 1. The summed E-state index contributed by atoms with van der Waals surface area (Å²) in [6, 6.07) is 0. The fourth-order valence-electron chi connectivity index (χ4n) is 0. The van der Waals surface area contributed by atoms with Gasteiger partial charge in [0.05, 0.1) is 0 Å². The highest BCUT2D eigenvalue weighted by Crippen LogP contribution is 1.73. The Morgan fingerprint density at radius 3 is 1.50 bits per heavy atom. The van der Waals surface area contributed by atoms with E-state index in [-0.39, 0.29) is 0 Å². The highest BCUT2D eigenvalue weighted by atomic mass is 16.4. The lowest BCUT2D eigenvalue weighted by molar-refractivity contribution is -0.145. The van der Waals surface area contributed by atoms with Crippen molar-refractivity contribution in [3.63, 3.8) is 0 Å². The SMILES string of the molecule is CC(O)C(=O)O.NC(=O)O. The molecule has 0 radical (unpaired) electrons. The average molecular weight is 151 g/mol. The van der Waals surface area contributed by atoms with Crippen LogP contribution in [0.1, 0.15) is 6.92 Å². The second-order valence-corrected chi connectivity index (χ2v) is 1.35. The largest absolute Gasteiger partial charge is 0.479 e. The molecule has 0 bridgehead atoms. The number of primary amides is 1. The lowest BCUT2D eigenvalue weighted by Crippen LogP contribution is -2.13. The van der Waals surface area contributed by atoms with Crippen molar-refractivity contribution in [3.05, 3.63) is 0 Å². The molecule has 0 heterocycles. The van der Waals surface area contributed by atoms with Gasteiger partial charge in [-0.3, -0.25) is 0 Å². The van der Waals surface area contributed by atoms with Crippen LogP contribution in [0, 0.1) is 0 Å². The predicted molar refractivity (Wildman–Crippen MR) is 31.5 cm³/mol. The van der Waals surface area contributed by atoms with Crippen molar-refractivity contribution in [2.45, 2.75) is 13.0 Å². The van der Waals surface area contributed by atoms with Gasteiger partial charge in [0, 0.05) is 0 Å². The molecule has 0 rings (SSSR count). The number of hydrogen-bond acceptors (Lipinski definition) is 3. The molecule has 1 amide bonds. The maximum Gasteiger partial charge on any atom is 0.402 e. The van der Waals surface area contributed by atoms with E-state index in [1.54, 1.807) is 0 Å². The first kappa shape index (κ1) is 11.5. The summed E-state index contributed by atoms with van der Waals surface area (Å²) >= 11 is 0. The Bertz CT molecular complexity index is 117.